The summed E-state index contributed by atoms with van der Waals surface area (Å²) in [5.74, 6) is -2.02. The molecule has 4 rings (SSSR count). The molecule has 0 spiro atoms. The molecule has 0 aromatic heterocycles. The molecule has 2 fully saturated rings. The van der Waals surface area contributed by atoms with Crippen molar-refractivity contribution in [3.63, 3.8) is 0 Å². The van der Waals surface area contributed by atoms with Crippen molar-refractivity contribution in [3.05, 3.63) is 69.5 Å². The summed E-state index contributed by atoms with van der Waals surface area (Å²) >= 11 is 3.36. The third kappa shape index (κ3) is 3.97. The van der Waals surface area contributed by atoms with Gasteiger partial charge in [0, 0.05) is 24.3 Å². The van der Waals surface area contributed by atoms with Crippen LogP contribution in [0.2, 0.25) is 0 Å². The van der Waals surface area contributed by atoms with E-state index in [0.29, 0.717) is 22.4 Å². The highest BCUT2D eigenvalue weighted by atomic mass is 79.9. The SMILES string of the molecule is COc1ccc(/C(O)=C2\C(=O)C(=O)N(CC3CCCO3)C2c2ccccc2F)cc1Br. The number of likely N-dealkylation sites (tertiary alicyclic amines) is 1. The van der Waals surface area contributed by atoms with Gasteiger partial charge < -0.3 is 19.5 Å². The number of aliphatic hydroxyl groups excluding tert-OH is 1. The highest BCUT2D eigenvalue weighted by Crippen LogP contribution is 2.41. The van der Waals surface area contributed by atoms with Gasteiger partial charge in [0.1, 0.15) is 17.3 Å². The van der Waals surface area contributed by atoms with E-state index >= 15 is 0 Å². The number of halogens is 2. The maximum absolute atomic E-state index is 14.8. The zero-order chi connectivity index (χ0) is 22.1. The van der Waals surface area contributed by atoms with E-state index in [9.17, 15) is 19.1 Å². The molecule has 2 aliphatic rings. The van der Waals surface area contributed by atoms with E-state index in [0.717, 1.165) is 12.8 Å². The Morgan fingerprint density at radius 3 is 2.71 bits per heavy atom. The number of ketones is 1. The van der Waals surface area contributed by atoms with Crippen LogP contribution in [0.25, 0.3) is 5.76 Å². The zero-order valence-electron chi connectivity index (χ0n) is 16.8. The number of methoxy groups -OCH3 is 1. The van der Waals surface area contributed by atoms with Gasteiger partial charge in [-0.15, -0.1) is 0 Å². The van der Waals surface area contributed by atoms with E-state index < -0.39 is 23.5 Å². The normalized spacial score (nSPS) is 22.9. The minimum absolute atomic E-state index is 0.145. The molecular formula is C23H21BrFNO5. The summed E-state index contributed by atoms with van der Waals surface area (Å²) in [4.78, 5) is 27.2. The maximum Gasteiger partial charge on any atom is 0.295 e. The molecule has 0 bridgehead atoms. The minimum Gasteiger partial charge on any atom is -0.507 e. The Hall–Kier alpha value is -2.71. The van der Waals surface area contributed by atoms with E-state index in [4.69, 9.17) is 9.47 Å². The topological polar surface area (TPSA) is 76.1 Å². The van der Waals surface area contributed by atoms with Gasteiger partial charge in [0.05, 0.1) is 29.3 Å². The molecule has 31 heavy (non-hydrogen) atoms. The van der Waals surface area contributed by atoms with Crippen LogP contribution in [0.1, 0.15) is 30.0 Å². The number of carbonyl (C=O) groups is 2. The fourth-order valence-corrected chi connectivity index (χ4v) is 4.61. The Morgan fingerprint density at radius 1 is 1.29 bits per heavy atom. The van der Waals surface area contributed by atoms with Crippen LogP contribution < -0.4 is 4.74 Å². The van der Waals surface area contributed by atoms with Crippen LogP contribution in [0.3, 0.4) is 0 Å². The van der Waals surface area contributed by atoms with Crippen molar-refractivity contribution >= 4 is 33.4 Å². The molecule has 2 aromatic rings. The average molecular weight is 490 g/mol. The van der Waals surface area contributed by atoms with Crippen LogP contribution in [0.5, 0.6) is 5.75 Å². The second-order valence-electron chi connectivity index (χ2n) is 7.46. The number of nitrogens with zero attached hydrogens (tertiary/aromatic N) is 1. The quantitative estimate of drug-likeness (QED) is 0.387. The third-order valence-corrected chi connectivity index (χ3v) is 6.21. The second-order valence-corrected chi connectivity index (χ2v) is 8.31. The van der Waals surface area contributed by atoms with Crippen molar-refractivity contribution < 1.29 is 28.6 Å². The van der Waals surface area contributed by atoms with Gasteiger partial charge in [-0.25, -0.2) is 4.39 Å². The standard InChI is InChI=1S/C23H21BrFNO5/c1-30-18-9-8-13(11-16(18)24)21(27)19-20(15-6-2-3-7-17(15)25)26(23(29)22(19)28)12-14-5-4-10-31-14/h2-3,6-9,11,14,20,27H,4-5,10,12H2,1H3/b21-19+. The fourth-order valence-electron chi connectivity index (χ4n) is 4.07. The summed E-state index contributed by atoms with van der Waals surface area (Å²) in [6, 6.07) is 9.69. The number of Topliss-reactive ketones (excluding diaryl/α,β-unsaturated/α-hetero) is 1. The predicted octanol–water partition coefficient (Wildman–Crippen LogP) is 4.20. The first-order valence-electron chi connectivity index (χ1n) is 9.90. The highest BCUT2D eigenvalue weighted by Gasteiger charge is 2.47. The van der Waals surface area contributed by atoms with E-state index in [1.165, 1.54) is 30.2 Å². The van der Waals surface area contributed by atoms with Crippen molar-refractivity contribution in [3.8, 4) is 5.75 Å². The number of aliphatic hydroxyl groups is 1. The third-order valence-electron chi connectivity index (χ3n) is 5.59. The Kier molecular flexibility index (Phi) is 6.11. The number of rotatable bonds is 5. The molecule has 2 saturated heterocycles. The van der Waals surface area contributed by atoms with E-state index in [1.807, 2.05) is 0 Å². The van der Waals surface area contributed by atoms with Crippen LogP contribution in [0.15, 0.2) is 52.5 Å². The van der Waals surface area contributed by atoms with Gasteiger partial charge in [0.15, 0.2) is 0 Å². The monoisotopic (exact) mass is 489 g/mol. The molecule has 2 unspecified atom stereocenters. The minimum atomic E-state index is -1.05. The lowest BCUT2D eigenvalue weighted by molar-refractivity contribution is -0.140. The lowest BCUT2D eigenvalue weighted by Crippen LogP contribution is -2.36. The van der Waals surface area contributed by atoms with Crippen molar-refractivity contribution in [1.82, 2.24) is 4.90 Å². The number of ether oxygens (including phenoxy) is 2. The van der Waals surface area contributed by atoms with E-state index in [2.05, 4.69) is 15.9 Å². The number of benzene rings is 2. The van der Waals surface area contributed by atoms with Crippen LogP contribution in [0.4, 0.5) is 4.39 Å². The molecule has 162 valence electrons. The van der Waals surface area contributed by atoms with Crippen LogP contribution in [-0.2, 0) is 14.3 Å². The Bertz CT molecular complexity index is 1060. The summed E-state index contributed by atoms with van der Waals surface area (Å²) < 4.78 is 26.2. The lowest BCUT2D eigenvalue weighted by Gasteiger charge is -2.27. The van der Waals surface area contributed by atoms with E-state index in [-0.39, 0.29) is 29.5 Å². The first-order chi connectivity index (χ1) is 14.9. The first kappa shape index (κ1) is 21.5. The molecule has 1 amide bonds. The van der Waals surface area contributed by atoms with Crippen LogP contribution >= 0.6 is 15.9 Å². The molecule has 0 radical (unpaired) electrons. The Labute approximate surface area is 187 Å². The van der Waals surface area contributed by atoms with Gasteiger partial charge in [-0.05, 0) is 53.0 Å². The molecule has 2 aromatic carbocycles. The summed E-state index contributed by atoms with van der Waals surface area (Å²) in [5, 5.41) is 11.1. The molecule has 1 N–H and O–H groups in total. The number of hydrogen-bond acceptors (Lipinski definition) is 5. The zero-order valence-corrected chi connectivity index (χ0v) is 18.4. The molecule has 8 heteroatoms. The average Bonchev–Trinajstić information content (AvgIpc) is 3.36. The van der Waals surface area contributed by atoms with Crippen molar-refractivity contribution in [2.24, 2.45) is 0 Å². The van der Waals surface area contributed by atoms with Crippen LogP contribution in [-0.4, -0.2) is 48.1 Å². The number of amides is 1. The van der Waals surface area contributed by atoms with Crippen molar-refractivity contribution in [1.29, 1.82) is 0 Å². The molecular weight excluding hydrogens is 469 g/mol. The van der Waals surface area contributed by atoms with Crippen molar-refractivity contribution in [2.75, 3.05) is 20.3 Å². The summed E-state index contributed by atoms with van der Waals surface area (Å²) in [6.07, 6.45) is 1.37. The van der Waals surface area contributed by atoms with Gasteiger partial charge >= 0.3 is 0 Å². The number of hydrogen-bond donors (Lipinski definition) is 1. The largest absolute Gasteiger partial charge is 0.507 e. The fraction of sp³-hybridized carbons (Fsp3) is 0.304. The van der Waals surface area contributed by atoms with E-state index in [1.54, 1.807) is 24.3 Å². The molecule has 2 atom stereocenters. The highest BCUT2D eigenvalue weighted by molar-refractivity contribution is 9.10. The lowest BCUT2D eigenvalue weighted by atomic mass is 9.94. The summed E-state index contributed by atoms with van der Waals surface area (Å²) in [5.41, 5.74) is 0.308. The smallest absolute Gasteiger partial charge is 0.295 e. The van der Waals surface area contributed by atoms with Gasteiger partial charge in [0.2, 0.25) is 0 Å². The molecule has 2 heterocycles. The molecule has 2 aliphatic heterocycles. The Balaban J connectivity index is 1.85. The van der Waals surface area contributed by atoms with Gasteiger partial charge in [-0.2, -0.15) is 0 Å². The van der Waals surface area contributed by atoms with Crippen LogP contribution in [0, 0.1) is 5.82 Å². The van der Waals surface area contributed by atoms with Gasteiger partial charge in [-0.3, -0.25) is 9.59 Å². The second kappa shape index (κ2) is 8.80. The Morgan fingerprint density at radius 2 is 2.06 bits per heavy atom. The van der Waals surface area contributed by atoms with Gasteiger partial charge in [0.25, 0.3) is 11.7 Å². The first-order valence-corrected chi connectivity index (χ1v) is 10.7. The predicted molar refractivity (Wildman–Crippen MR) is 115 cm³/mol. The summed E-state index contributed by atoms with van der Waals surface area (Å²) in [6.45, 7) is 0.728. The molecule has 6 nitrogen and oxygen atoms in total. The molecule has 0 aliphatic carbocycles. The number of carbonyl (C=O) groups excluding carboxylic acids is 2. The maximum atomic E-state index is 14.8. The summed E-state index contributed by atoms with van der Waals surface area (Å²) in [7, 11) is 1.51. The molecule has 0 saturated carbocycles. The van der Waals surface area contributed by atoms with Gasteiger partial charge in [-0.1, -0.05) is 18.2 Å². The van der Waals surface area contributed by atoms with Crippen molar-refractivity contribution in [2.45, 2.75) is 25.0 Å².